The van der Waals surface area contributed by atoms with Crippen LogP contribution in [0.1, 0.15) is 22.3 Å². The predicted molar refractivity (Wildman–Crippen MR) is 89.4 cm³/mol. The third kappa shape index (κ3) is 3.04. The summed E-state index contributed by atoms with van der Waals surface area (Å²) in [5.41, 5.74) is 5.96. The molecule has 3 rings (SSSR count). The Morgan fingerprint density at radius 1 is 1.00 bits per heavy atom. The number of tetrazole rings is 1. The van der Waals surface area contributed by atoms with Crippen LogP contribution in [0.2, 0.25) is 0 Å². The highest BCUT2D eigenvalue weighted by Gasteiger charge is 2.13. The molecule has 1 heterocycles. The summed E-state index contributed by atoms with van der Waals surface area (Å²) in [5, 5.41) is 13.0. The van der Waals surface area contributed by atoms with Gasteiger partial charge in [0, 0.05) is 5.75 Å². The number of thioether (sulfide) groups is 1. The normalized spacial score (nSPS) is 10.9. The first kappa shape index (κ1) is 14.8. The summed E-state index contributed by atoms with van der Waals surface area (Å²) in [6, 6.07) is 14.7. The van der Waals surface area contributed by atoms with Crippen molar-refractivity contribution in [3.8, 4) is 5.69 Å². The van der Waals surface area contributed by atoms with E-state index in [1.165, 1.54) is 22.3 Å². The molecule has 0 aliphatic rings. The second kappa shape index (κ2) is 6.32. The van der Waals surface area contributed by atoms with Gasteiger partial charge in [0.2, 0.25) is 5.16 Å². The first-order chi connectivity index (χ1) is 10.6. The van der Waals surface area contributed by atoms with Crippen LogP contribution in [0.5, 0.6) is 0 Å². The van der Waals surface area contributed by atoms with Gasteiger partial charge in [-0.15, -0.1) is 5.10 Å². The average molecular weight is 310 g/mol. The van der Waals surface area contributed by atoms with Crippen LogP contribution in [0.4, 0.5) is 0 Å². The third-order valence-corrected chi connectivity index (χ3v) is 4.53. The monoisotopic (exact) mass is 310 g/mol. The number of aromatic nitrogens is 4. The number of nitrogens with zero attached hydrogens (tertiary/aromatic N) is 4. The van der Waals surface area contributed by atoms with E-state index in [4.69, 9.17) is 0 Å². The van der Waals surface area contributed by atoms with Gasteiger partial charge in [0.15, 0.2) is 0 Å². The number of rotatable bonds is 4. The number of benzene rings is 2. The van der Waals surface area contributed by atoms with E-state index in [-0.39, 0.29) is 0 Å². The highest BCUT2D eigenvalue weighted by Crippen LogP contribution is 2.25. The zero-order valence-electron chi connectivity index (χ0n) is 12.9. The van der Waals surface area contributed by atoms with Gasteiger partial charge < -0.3 is 0 Å². The minimum Gasteiger partial charge on any atom is -0.187 e. The molecule has 0 atom stereocenters. The maximum absolute atomic E-state index is 4.18. The summed E-state index contributed by atoms with van der Waals surface area (Å²) in [5.74, 6) is 0.854. The second-order valence-corrected chi connectivity index (χ2v) is 6.33. The molecule has 0 radical (unpaired) electrons. The summed E-state index contributed by atoms with van der Waals surface area (Å²) >= 11 is 1.65. The van der Waals surface area contributed by atoms with Gasteiger partial charge in [-0.1, -0.05) is 59.8 Å². The lowest BCUT2D eigenvalue weighted by molar-refractivity contribution is 0.747. The minimum absolute atomic E-state index is 0.818. The first-order valence-electron chi connectivity index (χ1n) is 7.18. The van der Waals surface area contributed by atoms with Crippen LogP contribution in [0, 0.1) is 20.8 Å². The van der Waals surface area contributed by atoms with E-state index in [0.29, 0.717) is 0 Å². The van der Waals surface area contributed by atoms with Crippen molar-refractivity contribution in [1.29, 1.82) is 0 Å². The molecule has 2 aromatic carbocycles. The van der Waals surface area contributed by atoms with E-state index in [0.717, 1.165) is 16.6 Å². The molecule has 3 aromatic rings. The van der Waals surface area contributed by atoms with Crippen molar-refractivity contribution in [1.82, 2.24) is 20.2 Å². The van der Waals surface area contributed by atoms with Crippen LogP contribution in [0.25, 0.3) is 5.69 Å². The van der Waals surface area contributed by atoms with Crippen molar-refractivity contribution in [3.63, 3.8) is 0 Å². The largest absolute Gasteiger partial charge is 0.214 e. The van der Waals surface area contributed by atoms with Crippen LogP contribution >= 0.6 is 11.8 Å². The van der Waals surface area contributed by atoms with Crippen LogP contribution in [0.3, 0.4) is 0 Å². The summed E-state index contributed by atoms with van der Waals surface area (Å²) in [4.78, 5) is 0. The Balaban J connectivity index is 1.87. The highest BCUT2D eigenvalue weighted by molar-refractivity contribution is 7.98. The fourth-order valence-corrected chi connectivity index (χ4v) is 3.32. The molecule has 0 saturated carbocycles. The van der Waals surface area contributed by atoms with Crippen molar-refractivity contribution >= 4 is 11.8 Å². The van der Waals surface area contributed by atoms with Crippen LogP contribution in [-0.2, 0) is 5.75 Å². The van der Waals surface area contributed by atoms with E-state index in [9.17, 15) is 0 Å². The Morgan fingerprint density at radius 3 is 2.45 bits per heavy atom. The number of aryl methyl sites for hydroxylation is 3. The van der Waals surface area contributed by atoms with E-state index in [1.807, 2.05) is 4.68 Å². The Labute approximate surface area is 134 Å². The molecule has 1 aromatic heterocycles. The molecule has 0 bridgehead atoms. The molecule has 0 amide bonds. The number of para-hydroxylation sites is 1. The summed E-state index contributed by atoms with van der Waals surface area (Å²) in [7, 11) is 0. The lowest BCUT2D eigenvalue weighted by Gasteiger charge is -2.10. The first-order valence-corrected chi connectivity index (χ1v) is 8.17. The molecule has 4 nitrogen and oxygen atoms in total. The molecular weight excluding hydrogens is 292 g/mol. The Kier molecular flexibility index (Phi) is 4.24. The van der Waals surface area contributed by atoms with Gasteiger partial charge in [0.1, 0.15) is 0 Å². The van der Waals surface area contributed by atoms with Gasteiger partial charge in [-0.2, -0.15) is 4.68 Å². The predicted octanol–water partition coefficient (Wildman–Crippen LogP) is 3.88. The molecule has 22 heavy (non-hydrogen) atoms. The Hall–Kier alpha value is -2.14. The van der Waals surface area contributed by atoms with Gasteiger partial charge >= 0.3 is 0 Å². The van der Waals surface area contributed by atoms with E-state index in [1.54, 1.807) is 11.8 Å². The smallest absolute Gasteiger partial charge is 0.187 e. The fraction of sp³-hybridized carbons (Fsp3) is 0.235. The van der Waals surface area contributed by atoms with Crippen LogP contribution in [0.15, 0.2) is 47.6 Å². The van der Waals surface area contributed by atoms with Crippen molar-refractivity contribution < 1.29 is 0 Å². The van der Waals surface area contributed by atoms with Gasteiger partial charge in [-0.05, 0) is 47.9 Å². The third-order valence-electron chi connectivity index (χ3n) is 3.54. The van der Waals surface area contributed by atoms with Crippen molar-refractivity contribution in [2.75, 3.05) is 0 Å². The molecule has 0 spiro atoms. The molecule has 0 N–H and O–H groups in total. The van der Waals surface area contributed by atoms with Crippen LogP contribution < -0.4 is 0 Å². The average Bonchev–Trinajstić information content (AvgIpc) is 2.93. The zero-order valence-corrected chi connectivity index (χ0v) is 13.8. The molecule has 0 aliphatic heterocycles. The Morgan fingerprint density at radius 2 is 1.73 bits per heavy atom. The molecule has 0 fully saturated rings. The quantitative estimate of drug-likeness (QED) is 0.686. The molecule has 5 heteroatoms. The summed E-state index contributed by atoms with van der Waals surface area (Å²) < 4.78 is 1.84. The molecule has 0 aliphatic carbocycles. The lowest BCUT2D eigenvalue weighted by atomic mass is 10.1. The lowest BCUT2D eigenvalue weighted by Crippen LogP contribution is -2.04. The van der Waals surface area contributed by atoms with Crippen molar-refractivity contribution in [3.05, 3.63) is 64.7 Å². The van der Waals surface area contributed by atoms with Gasteiger partial charge in [0.05, 0.1) is 5.69 Å². The maximum Gasteiger partial charge on any atom is 0.214 e. The topological polar surface area (TPSA) is 43.6 Å². The summed E-state index contributed by atoms with van der Waals surface area (Å²) in [6.07, 6.45) is 0. The maximum atomic E-state index is 4.18. The van der Waals surface area contributed by atoms with Gasteiger partial charge in [0.25, 0.3) is 0 Å². The van der Waals surface area contributed by atoms with E-state index in [2.05, 4.69) is 78.8 Å². The summed E-state index contributed by atoms with van der Waals surface area (Å²) in [6.45, 7) is 6.27. The standard InChI is InChI=1S/C17H18N4S/c1-12-6-4-9-15(10-12)11-22-17-18-19-20-21(17)16-13(2)7-5-8-14(16)3/h4-10H,11H2,1-3H3. The van der Waals surface area contributed by atoms with E-state index < -0.39 is 0 Å². The molecule has 0 saturated heterocycles. The van der Waals surface area contributed by atoms with Crippen molar-refractivity contribution in [2.24, 2.45) is 0 Å². The number of hydrogen-bond acceptors (Lipinski definition) is 4. The SMILES string of the molecule is Cc1cccc(CSc2nnnn2-c2c(C)cccc2C)c1. The van der Waals surface area contributed by atoms with Crippen LogP contribution in [-0.4, -0.2) is 20.2 Å². The molecule has 0 unspecified atom stereocenters. The Bertz CT molecular complexity index is 775. The van der Waals surface area contributed by atoms with Crippen molar-refractivity contribution in [2.45, 2.75) is 31.7 Å². The van der Waals surface area contributed by atoms with Gasteiger partial charge in [-0.3, -0.25) is 0 Å². The second-order valence-electron chi connectivity index (χ2n) is 5.39. The molecular formula is C17H18N4S. The highest BCUT2D eigenvalue weighted by atomic mass is 32.2. The molecule has 112 valence electrons. The number of hydrogen-bond donors (Lipinski definition) is 0. The van der Waals surface area contributed by atoms with E-state index >= 15 is 0 Å². The minimum atomic E-state index is 0.818. The van der Waals surface area contributed by atoms with Gasteiger partial charge in [-0.25, -0.2) is 0 Å². The fourth-order valence-electron chi connectivity index (χ4n) is 2.50. The zero-order chi connectivity index (χ0) is 15.5.